The van der Waals surface area contributed by atoms with Crippen molar-refractivity contribution in [3.8, 4) is 0 Å². The van der Waals surface area contributed by atoms with Gasteiger partial charge in [0.05, 0.1) is 0 Å². The molecule has 0 heteroatoms. The third-order valence-electron chi connectivity index (χ3n) is 2.91. The first kappa shape index (κ1) is 12.4. The van der Waals surface area contributed by atoms with Crippen molar-refractivity contribution < 1.29 is 0 Å². The van der Waals surface area contributed by atoms with Gasteiger partial charge in [-0.25, -0.2) is 0 Å². The van der Waals surface area contributed by atoms with Gasteiger partial charge in [-0.05, 0) is 30.5 Å². The summed E-state index contributed by atoms with van der Waals surface area (Å²) in [5, 5.41) is 0. The Bertz CT molecular complexity index is 560. The molecule has 0 bridgehead atoms. The van der Waals surface area contributed by atoms with E-state index in [0.717, 1.165) is 0 Å². The smallest absolute Gasteiger partial charge is 0.0227 e. The van der Waals surface area contributed by atoms with Gasteiger partial charge in [-0.1, -0.05) is 78.4 Å². The maximum Gasteiger partial charge on any atom is -0.0227 e. The lowest BCUT2D eigenvalue weighted by atomic mass is 10.1. The monoisotopic (exact) mass is 234 g/mol. The van der Waals surface area contributed by atoms with E-state index >= 15 is 0 Å². The number of aryl methyl sites for hydroxylation is 1. The standard InChI is InChI=1S/C18H18/c1-15(14-17-9-4-3-5-10-17)12-13-18-11-7-6-8-16(18)2/h3-14H,1-2H3. The lowest BCUT2D eigenvalue weighted by molar-refractivity contribution is 1.44. The minimum atomic E-state index is 1.24. The fraction of sp³-hybridized carbons (Fsp3) is 0.111. The van der Waals surface area contributed by atoms with Crippen LogP contribution >= 0.6 is 0 Å². The number of rotatable bonds is 3. The molecule has 0 amide bonds. The molecule has 0 saturated carbocycles. The van der Waals surface area contributed by atoms with Crippen LogP contribution in [0.3, 0.4) is 0 Å². The fourth-order valence-electron chi connectivity index (χ4n) is 1.86. The maximum atomic E-state index is 2.19. The highest BCUT2D eigenvalue weighted by molar-refractivity contribution is 5.62. The van der Waals surface area contributed by atoms with E-state index < -0.39 is 0 Å². The summed E-state index contributed by atoms with van der Waals surface area (Å²) in [5.41, 5.74) is 5.08. The molecule has 0 heterocycles. The molecule has 18 heavy (non-hydrogen) atoms. The largest absolute Gasteiger partial charge is 0.0622 e. The van der Waals surface area contributed by atoms with Crippen LogP contribution in [0.2, 0.25) is 0 Å². The highest BCUT2D eigenvalue weighted by Gasteiger charge is 1.91. The molecule has 90 valence electrons. The third-order valence-corrected chi connectivity index (χ3v) is 2.91. The normalized spacial score (nSPS) is 12.0. The molecule has 0 spiro atoms. The number of hydrogen-bond acceptors (Lipinski definition) is 0. The number of hydrogen-bond donors (Lipinski definition) is 0. The van der Waals surface area contributed by atoms with Crippen LogP contribution < -0.4 is 0 Å². The van der Waals surface area contributed by atoms with Crippen LogP contribution in [0, 0.1) is 6.92 Å². The van der Waals surface area contributed by atoms with Crippen molar-refractivity contribution in [2.45, 2.75) is 13.8 Å². The zero-order valence-electron chi connectivity index (χ0n) is 10.9. The molecule has 0 aromatic heterocycles. The van der Waals surface area contributed by atoms with Gasteiger partial charge in [0.25, 0.3) is 0 Å². The highest BCUT2D eigenvalue weighted by atomic mass is 14.0. The highest BCUT2D eigenvalue weighted by Crippen LogP contribution is 2.12. The van der Waals surface area contributed by atoms with Crippen LogP contribution in [0.15, 0.2) is 66.2 Å². The van der Waals surface area contributed by atoms with Crippen molar-refractivity contribution >= 4 is 12.2 Å². The van der Waals surface area contributed by atoms with E-state index in [0.29, 0.717) is 0 Å². The first-order chi connectivity index (χ1) is 8.75. The molecular formula is C18H18. The average molecular weight is 234 g/mol. The van der Waals surface area contributed by atoms with Crippen molar-refractivity contribution in [3.05, 3.63) is 82.9 Å². The van der Waals surface area contributed by atoms with Crippen LogP contribution in [0.25, 0.3) is 12.2 Å². The molecule has 0 N–H and O–H groups in total. The summed E-state index contributed by atoms with van der Waals surface area (Å²) >= 11 is 0. The second-order valence-electron chi connectivity index (χ2n) is 4.49. The van der Waals surface area contributed by atoms with Crippen molar-refractivity contribution in [3.63, 3.8) is 0 Å². The number of allylic oxidation sites excluding steroid dienone is 2. The zero-order valence-corrected chi connectivity index (χ0v) is 10.9. The van der Waals surface area contributed by atoms with Crippen molar-refractivity contribution in [1.29, 1.82) is 0 Å². The van der Waals surface area contributed by atoms with Gasteiger partial charge in [-0.2, -0.15) is 0 Å². The molecule has 0 radical (unpaired) electrons. The summed E-state index contributed by atoms with van der Waals surface area (Å²) in [6.07, 6.45) is 6.52. The zero-order chi connectivity index (χ0) is 12.8. The first-order valence-electron chi connectivity index (χ1n) is 6.23. The van der Waals surface area contributed by atoms with E-state index in [1.165, 1.54) is 22.3 Å². The minimum absolute atomic E-state index is 1.24. The second kappa shape index (κ2) is 6.02. The molecule has 2 aromatic carbocycles. The Morgan fingerprint density at radius 1 is 0.889 bits per heavy atom. The van der Waals surface area contributed by atoms with Crippen LogP contribution in [0.5, 0.6) is 0 Å². The Hall–Kier alpha value is -2.08. The minimum Gasteiger partial charge on any atom is -0.0622 e. The van der Waals surface area contributed by atoms with Gasteiger partial charge in [0.15, 0.2) is 0 Å². The Balaban J connectivity index is 2.15. The lowest BCUT2D eigenvalue weighted by Gasteiger charge is -1.99. The molecule has 0 aliphatic heterocycles. The summed E-state index contributed by atoms with van der Waals surface area (Å²) in [7, 11) is 0. The van der Waals surface area contributed by atoms with E-state index in [-0.39, 0.29) is 0 Å². The fourth-order valence-corrected chi connectivity index (χ4v) is 1.86. The average Bonchev–Trinajstić information content (AvgIpc) is 2.39. The van der Waals surface area contributed by atoms with Gasteiger partial charge in [-0.15, -0.1) is 0 Å². The van der Waals surface area contributed by atoms with E-state index in [4.69, 9.17) is 0 Å². The van der Waals surface area contributed by atoms with Gasteiger partial charge in [0, 0.05) is 0 Å². The van der Waals surface area contributed by atoms with Gasteiger partial charge in [0.2, 0.25) is 0 Å². The van der Waals surface area contributed by atoms with Gasteiger partial charge < -0.3 is 0 Å². The van der Waals surface area contributed by atoms with Gasteiger partial charge in [0.1, 0.15) is 0 Å². The van der Waals surface area contributed by atoms with E-state index in [9.17, 15) is 0 Å². The molecule has 0 fully saturated rings. The third kappa shape index (κ3) is 3.46. The summed E-state index contributed by atoms with van der Waals surface area (Å²) in [6, 6.07) is 18.8. The summed E-state index contributed by atoms with van der Waals surface area (Å²) in [5.74, 6) is 0. The Labute approximate surface area is 109 Å². The van der Waals surface area contributed by atoms with Crippen molar-refractivity contribution in [2.75, 3.05) is 0 Å². The number of benzene rings is 2. The maximum absolute atomic E-state index is 2.19. The van der Waals surface area contributed by atoms with Gasteiger partial charge in [-0.3, -0.25) is 0 Å². The SMILES string of the molecule is CC(C=Cc1ccccc1C)=Cc1ccccc1. The van der Waals surface area contributed by atoms with Crippen molar-refractivity contribution in [1.82, 2.24) is 0 Å². The van der Waals surface area contributed by atoms with Crippen molar-refractivity contribution in [2.24, 2.45) is 0 Å². The van der Waals surface area contributed by atoms with Gasteiger partial charge >= 0.3 is 0 Å². The Morgan fingerprint density at radius 2 is 1.56 bits per heavy atom. The molecule has 0 aliphatic rings. The molecule has 0 saturated heterocycles. The van der Waals surface area contributed by atoms with E-state index in [2.05, 4.69) is 80.6 Å². The summed E-state index contributed by atoms with van der Waals surface area (Å²) in [4.78, 5) is 0. The second-order valence-corrected chi connectivity index (χ2v) is 4.49. The summed E-state index contributed by atoms with van der Waals surface area (Å²) < 4.78 is 0. The van der Waals surface area contributed by atoms with Crippen LogP contribution in [-0.2, 0) is 0 Å². The topological polar surface area (TPSA) is 0 Å². The molecular weight excluding hydrogens is 216 g/mol. The molecule has 0 unspecified atom stereocenters. The molecule has 0 aliphatic carbocycles. The Morgan fingerprint density at radius 3 is 2.28 bits per heavy atom. The van der Waals surface area contributed by atoms with Crippen LogP contribution in [-0.4, -0.2) is 0 Å². The lowest BCUT2D eigenvalue weighted by Crippen LogP contribution is -1.78. The molecule has 0 atom stereocenters. The van der Waals surface area contributed by atoms with E-state index in [1.807, 2.05) is 6.07 Å². The first-order valence-corrected chi connectivity index (χ1v) is 6.23. The predicted octanol–water partition coefficient (Wildman–Crippen LogP) is 5.11. The molecule has 2 aromatic rings. The van der Waals surface area contributed by atoms with E-state index in [1.54, 1.807) is 0 Å². The van der Waals surface area contributed by atoms with Crippen LogP contribution in [0.1, 0.15) is 23.6 Å². The quantitative estimate of drug-likeness (QED) is 0.647. The molecule has 0 nitrogen and oxygen atoms in total. The Kier molecular flexibility index (Phi) is 4.14. The molecule has 2 rings (SSSR count). The summed E-state index contributed by atoms with van der Waals surface area (Å²) in [6.45, 7) is 4.26. The van der Waals surface area contributed by atoms with Crippen LogP contribution in [0.4, 0.5) is 0 Å². The predicted molar refractivity (Wildman–Crippen MR) is 80.3 cm³/mol.